The van der Waals surface area contributed by atoms with E-state index in [9.17, 15) is 17.6 Å². The number of pyridine rings is 1. The van der Waals surface area contributed by atoms with Gasteiger partial charge in [0.05, 0.1) is 11.3 Å². The number of rotatable bonds is 2. The van der Waals surface area contributed by atoms with Crippen molar-refractivity contribution in [2.24, 2.45) is 0 Å². The normalized spacial score (nSPS) is 11.5. The van der Waals surface area contributed by atoms with E-state index in [1.807, 2.05) is 0 Å². The van der Waals surface area contributed by atoms with Gasteiger partial charge in [0, 0.05) is 10.5 Å². The molecular formula is C13H8BrF4NO. The maximum absolute atomic E-state index is 13.1. The predicted octanol–water partition coefficient (Wildman–Crippen LogP) is 5.10. The second kappa shape index (κ2) is 5.40. The highest BCUT2D eigenvalue weighted by atomic mass is 79.9. The lowest BCUT2D eigenvalue weighted by Crippen LogP contribution is -2.08. The Hall–Kier alpha value is -1.63. The van der Waals surface area contributed by atoms with Crippen molar-refractivity contribution in [1.29, 1.82) is 0 Å². The number of benzene rings is 1. The van der Waals surface area contributed by atoms with E-state index in [0.717, 1.165) is 10.5 Å². The number of halogens is 5. The van der Waals surface area contributed by atoms with E-state index in [1.165, 1.54) is 6.07 Å². The van der Waals surface area contributed by atoms with Crippen LogP contribution in [0.2, 0.25) is 0 Å². The van der Waals surface area contributed by atoms with Gasteiger partial charge >= 0.3 is 6.18 Å². The zero-order chi connectivity index (χ0) is 14.9. The largest absolute Gasteiger partial charge is 0.439 e. The van der Waals surface area contributed by atoms with Crippen LogP contribution in [0.3, 0.4) is 0 Å². The van der Waals surface area contributed by atoms with Crippen molar-refractivity contribution in [3.63, 3.8) is 0 Å². The summed E-state index contributed by atoms with van der Waals surface area (Å²) in [5.41, 5.74) is -0.746. The van der Waals surface area contributed by atoms with E-state index in [1.54, 1.807) is 13.0 Å². The van der Waals surface area contributed by atoms with Crippen molar-refractivity contribution >= 4 is 15.9 Å². The Kier molecular flexibility index (Phi) is 3.99. The fourth-order valence-electron chi connectivity index (χ4n) is 1.48. The Bertz CT molecular complexity index is 643. The molecule has 1 aromatic heterocycles. The number of alkyl halides is 3. The van der Waals surface area contributed by atoms with Gasteiger partial charge in [0.1, 0.15) is 11.6 Å². The van der Waals surface area contributed by atoms with E-state index < -0.39 is 17.6 Å². The number of hydrogen-bond acceptors (Lipinski definition) is 2. The topological polar surface area (TPSA) is 22.1 Å². The molecule has 1 aromatic carbocycles. The van der Waals surface area contributed by atoms with Gasteiger partial charge in [-0.2, -0.15) is 13.2 Å². The summed E-state index contributed by atoms with van der Waals surface area (Å²) >= 11 is 3.25. The van der Waals surface area contributed by atoms with E-state index in [-0.39, 0.29) is 11.6 Å². The summed E-state index contributed by atoms with van der Waals surface area (Å²) in [5, 5.41) is 0. The number of ether oxygens (including phenoxy) is 1. The van der Waals surface area contributed by atoms with Gasteiger partial charge in [-0.15, -0.1) is 0 Å². The summed E-state index contributed by atoms with van der Waals surface area (Å²) in [6.45, 7) is 1.71. The van der Waals surface area contributed by atoms with E-state index in [0.29, 0.717) is 17.8 Å². The molecule has 0 unspecified atom stereocenters. The molecule has 0 bridgehead atoms. The summed E-state index contributed by atoms with van der Waals surface area (Å²) < 4.78 is 56.8. The summed E-state index contributed by atoms with van der Waals surface area (Å²) in [4.78, 5) is 4.04. The standard InChI is InChI=1S/C13H8BrF4NO/c1-7-10(14)3-5-12(19-7)20-8-2-4-11(15)9(6-8)13(16,17)18/h2-6H,1H3. The zero-order valence-corrected chi connectivity index (χ0v) is 11.7. The third-order valence-electron chi connectivity index (χ3n) is 2.46. The lowest BCUT2D eigenvalue weighted by molar-refractivity contribution is -0.140. The Morgan fingerprint density at radius 3 is 2.45 bits per heavy atom. The highest BCUT2D eigenvalue weighted by Gasteiger charge is 2.34. The van der Waals surface area contributed by atoms with Crippen molar-refractivity contribution < 1.29 is 22.3 Å². The van der Waals surface area contributed by atoms with Gasteiger partial charge in [-0.3, -0.25) is 0 Å². The minimum atomic E-state index is -4.77. The molecule has 0 aliphatic heterocycles. The average Bonchev–Trinajstić information content (AvgIpc) is 2.35. The highest BCUT2D eigenvalue weighted by Crippen LogP contribution is 2.34. The summed E-state index contributed by atoms with van der Waals surface area (Å²) in [6.07, 6.45) is -4.77. The monoisotopic (exact) mass is 349 g/mol. The summed E-state index contributed by atoms with van der Waals surface area (Å²) in [6, 6.07) is 5.58. The molecule has 0 aliphatic carbocycles. The second-order valence-corrected chi connectivity index (χ2v) is 4.81. The molecule has 2 aromatic rings. The molecule has 0 radical (unpaired) electrons. The molecule has 1 heterocycles. The molecule has 0 atom stereocenters. The Labute approximate surface area is 120 Å². The summed E-state index contributed by atoms with van der Waals surface area (Å²) in [5.74, 6) is -1.34. The number of nitrogens with zero attached hydrogens (tertiary/aromatic N) is 1. The minimum absolute atomic E-state index is 0.130. The molecule has 0 fully saturated rings. The van der Waals surface area contributed by atoms with Crippen LogP contribution in [-0.4, -0.2) is 4.98 Å². The van der Waals surface area contributed by atoms with Gasteiger partial charge in [0.2, 0.25) is 5.88 Å². The average molecular weight is 350 g/mol. The van der Waals surface area contributed by atoms with Crippen molar-refractivity contribution in [1.82, 2.24) is 4.98 Å². The van der Waals surface area contributed by atoms with Crippen LogP contribution in [0.4, 0.5) is 17.6 Å². The van der Waals surface area contributed by atoms with Crippen LogP contribution < -0.4 is 4.74 Å². The zero-order valence-electron chi connectivity index (χ0n) is 10.1. The molecule has 0 saturated heterocycles. The lowest BCUT2D eigenvalue weighted by Gasteiger charge is -2.11. The van der Waals surface area contributed by atoms with E-state index in [4.69, 9.17) is 4.74 Å². The molecule has 20 heavy (non-hydrogen) atoms. The van der Waals surface area contributed by atoms with Crippen molar-refractivity contribution in [2.45, 2.75) is 13.1 Å². The van der Waals surface area contributed by atoms with Crippen LogP contribution in [-0.2, 0) is 6.18 Å². The van der Waals surface area contributed by atoms with Crippen molar-refractivity contribution in [3.8, 4) is 11.6 Å². The third-order valence-corrected chi connectivity index (χ3v) is 3.30. The molecule has 106 valence electrons. The van der Waals surface area contributed by atoms with E-state index >= 15 is 0 Å². The molecule has 0 saturated carbocycles. The quantitative estimate of drug-likeness (QED) is 0.703. The Morgan fingerprint density at radius 1 is 1.15 bits per heavy atom. The van der Waals surface area contributed by atoms with Crippen LogP contribution >= 0.6 is 15.9 Å². The van der Waals surface area contributed by atoms with Gasteiger partial charge in [-0.1, -0.05) is 0 Å². The van der Waals surface area contributed by atoms with Crippen molar-refractivity contribution in [2.75, 3.05) is 0 Å². The molecule has 2 rings (SSSR count). The second-order valence-electron chi connectivity index (χ2n) is 3.96. The first kappa shape index (κ1) is 14.8. The van der Waals surface area contributed by atoms with Crippen LogP contribution in [0.1, 0.15) is 11.3 Å². The lowest BCUT2D eigenvalue weighted by atomic mass is 10.2. The fraction of sp³-hybridized carbons (Fsp3) is 0.154. The third kappa shape index (κ3) is 3.27. The van der Waals surface area contributed by atoms with Crippen LogP contribution in [0, 0.1) is 12.7 Å². The first-order valence-corrected chi connectivity index (χ1v) is 6.24. The van der Waals surface area contributed by atoms with E-state index in [2.05, 4.69) is 20.9 Å². The molecule has 7 heteroatoms. The van der Waals surface area contributed by atoms with Gasteiger partial charge in [0.25, 0.3) is 0 Å². The molecule has 0 amide bonds. The maximum atomic E-state index is 13.1. The van der Waals surface area contributed by atoms with Gasteiger partial charge in [-0.25, -0.2) is 9.37 Å². The molecule has 0 aliphatic rings. The minimum Gasteiger partial charge on any atom is -0.439 e. The first-order chi connectivity index (χ1) is 9.27. The molecule has 2 nitrogen and oxygen atoms in total. The van der Waals surface area contributed by atoms with Crippen LogP contribution in [0.25, 0.3) is 0 Å². The van der Waals surface area contributed by atoms with Gasteiger partial charge in [0.15, 0.2) is 0 Å². The fourth-order valence-corrected chi connectivity index (χ4v) is 1.70. The maximum Gasteiger partial charge on any atom is 0.419 e. The van der Waals surface area contributed by atoms with Crippen molar-refractivity contribution in [3.05, 3.63) is 51.9 Å². The molecule has 0 spiro atoms. The highest BCUT2D eigenvalue weighted by molar-refractivity contribution is 9.10. The van der Waals surface area contributed by atoms with Gasteiger partial charge in [-0.05, 0) is 47.1 Å². The van der Waals surface area contributed by atoms with Gasteiger partial charge < -0.3 is 4.74 Å². The summed E-state index contributed by atoms with van der Waals surface area (Å²) in [7, 11) is 0. The number of aromatic nitrogens is 1. The molecule has 0 N–H and O–H groups in total. The number of hydrogen-bond donors (Lipinski definition) is 0. The predicted molar refractivity (Wildman–Crippen MR) is 68.2 cm³/mol. The first-order valence-electron chi connectivity index (χ1n) is 5.45. The smallest absolute Gasteiger partial charge is 0.419 e. The van der Waals surface area contributed by atoms with Crippen LogP contribution in [0.15, 0.2) is 34.8 Å². The number of aryl methyl sites for hydroxylation is 1. The SMILES string of the molecule is Cc1nc(Oc2ccc(F)c(C(F)(F)F)c2)ccc1Br. The van der Waals surface area contributed by atoms with Crippen LogP contribution in [0.5, 0.6) is 11.6 Å². The molecular weight excluding hydrogens is 342 g/mol. The Balaban J connectivity index is 2.32. The Morgan fingerprint density at radius 2 is 1.85 bits per heavy atom.